The number of aromatic nitrogens is 1. The predicted octanol–water partition coefficient (Wildman–Crippen LogP) is 6.62. The van der Waals surface area contributed by atoms with Gasteiger partial charge >= 0.3 is 6.18 Å². The van der Waals surface area contributed by atoms with Crippen LogP contribution in [0.25, 0.3) is 10.9 Å². The summed E-state index contributed by atoms with van der Waals surface area (Å²) < 4.78 is 53.0. The van der Waals surface area contributed by atoms with E-state index in [2.05, 4.69) is 10.3 Å². The number of halogens is 4. The summed E-state index contributed by atoms with van der Waals surface area (Å²) in [6.45, 7) is 0. The number of para-hydroxylation sites is 1. The zero-order valence-corrected chi connectivity index (χ0v) is 18.8. The van der Waals surface area contributed by atoms with Crippen molar-refractivity contribution in [2.45, 2.75) is 50.1 Å². The Kier molecular flexibility index (Phi) is 4.89. The Bertz CT molecular complexity index is 1320. The van der Waals surface area contributed by atoms with Gasteiger partial charge < -0.3 is 10.3 Å². The number of rotatable bonds is 4. The highest BCUT2D eigenvalue weighted by Crippen LogP contribution is 2.61. The highest BCUT2D eigenvalue weighted by atomic mass is 19.4. The van der Waals surface area contributed by atoms with Crippen LogP contribution in [0.15, 0.2) is 42.5 Å². The standard InChI is InChI=1S/C27H24F4N2O2/c28-20-6-5-17(10-19(20)27(29,30)31)32-25(35)23(34)22-18-3-1-2-4-21(18)33-24(22)26-11-14-7-15(12-26)9-16(8-14)13-26/h1-6,10,14-16,33H,7-9,11-13H2,(H,32,35). The van der Waals surface area contributed by atoms with Crippen LogP contribution in [-0.2, 0) is 16.4 Å². The minimum Gasteiger partial charge on any atom is -0.357 e. The summed E-state index contributed by atoms with van der Waals surface area (Å²) >= 11 is 0. The number of amides is 1. The molecule has 0 radical (unpaired) electrons. The SMILES string of the molecule is O=C(Nc1ccc(F)c(C(F)(F)F)c1)C(=O)c1c(C23CC4CC(CC(C4)C2)C3)[nH]c2ccccc12. The van der Waals surface area contributed by atoms with E-state index in [0.29, 0.717) is 40.8 Å². The van der Waals surface area contributed by atoms with Crippen molar-refractivity contribution in [1.29, 1.82) is 0 Å². The first kappa shape index (κ1) is 22.3. The summed E-state index contributed by atoms with van der Waals surface area (Å²) in [5, 5.41) is 2.90. The molecule has 182 valence electrons. The van der Waals surface area contributed by atoms with Crippen molar-refractivity contribution in [2.24, 2.45) is 17.8 Å². The number of alkyl halides is 3. The summed E-state index contributed by atoms with van der Waals surface area (Å²) in [7, 11) is 0. The highest BCUT2D eigenvalue weighted by Gasteiger charge is 2.53. The molecule has 2 aromatic carbocycles. The topological polar surface area (TPSA) is 62.0 Å². The Morgan fingerprint density at radius 1 is 0.943 bits per heavy atom. The van der Waals surface area contributed by atoms with E-state index in [1.807, 2.05) is 12.1 Å². The second-order valence-electron chi connectivity index (χ2n) is 10.6. The maximum atomic E-state index is 13.7. The maximum absolute atomic E-state index is 13.7. The van der Waals surface area contributed by atoms with Crippen LogP contribution in [0.4, 0.5) is 23.2 Å². The zero-order chi connectivity index (χ0) is 24.5. The third-order valence-corrected chi connectivity index (χ3v) is 8.24. The maximum Gasteiger partial charge on any atom is 0.419 e. The van der Waals surface area contributed by atoms with E-state index in [9.17, 15) is 27.2 Å². The predicted molar refractivity (Wildman–Crippen MR) is 123 cm³/mol. The Hall–Kier alpha value is -3.16. The number of nitrogens with one attached hydrogen (secondary N) is 2. The van der Waals surface area contributed by atoms with Crippen molar-refractivity contribution in [2.75, 3.05) is 5.32 Å². The second-order valence-corrected chi connectivity index (χ2v) is 10.6. The number of fused-ring (bicyclic) bond motifs is 1. The van der Waals surface area contributed by atoms with Gasteiger partial charge in [-0.15, -0.1) is 0 Å². The van der Waals surface area contributed by atoms with Gasteiger partial charge in [-0.1, -0.05) is 18.2 Å². The Balaban J connectivity index is 1.38. The number of ketones is 1. The van der Waals surface area contributed by atoms with Crippen molar-refractivity contribution >= 4 is 28.3 Å². The minimum atomic E-state index is -4.92. The molecule has 0 atom stereocenters. The molecular formula is C27H24F4N2O2. The number of benzene rings is 2. The summed E-state index contributed by atoms with van der Waals surface area (Å²) in [6.07, 6.45) is 1.65. The third kappa shape index (κ3) is 3.65. The number of carbonyl (C=O) groups is 2. The second kappa shape index (κ2) is 7.67. The summed E-state index contributed by atoms with van der Waals surface area (Å²) in [6, 6.07) is 9.47. The lowest BCUT2D eigenvalue weighted by Crippen LogP contribution is -2.49. The van der Waals surface area contributed by atoms with E-state index in [1.165, 1.54) is 19.3 Å². The van der Waals surface area contributed by atoms with Crippen LogP contribution in [-0.4, -0.2) is 16.7 Å². The first-order chi connectivity index (χ1) is 16.6. The summed E-state index contributed by atoms with van der Waals surface area (Å²) in [5.74, 6) is -1.44. The molecule has 4 saturated carbocycles. The van der Waals surface area contributed by atoms with Gasteiger partial charge in [0.1, 0.15) is 5.82 Å². The van der Waals surface area contributed by atoms with E-state index in [4.69, 9.17) is 0 Å². The number of hydrogen-bond acceptors (Lipinski definition) is 2. The molecule has 0 saturated heterocycles. The molecule has 35 heavy (non-hydrogen) atoms. The molecule has 4 aliphatic carbocycles. The fourth-order valence-corrected chi connectivity index (χ4v) is 7.31. The van der Waals surface area contributed by atoms with E-state index < -0.39 is 29.2 Å². The van der Waals surface area contributed by atoms with Crippen molar-refractivity contribution in [3.05, 3.63) is 65.1 Å². The number of Topliss-reactive ketones (excluding diaryl/α,β-unsaturated/α-hetero) is 1. The lowest BCUT2D eigenvalue weighted by molar-refractivity contribution is -0.140. The molecule has 1 heterocycles. The molecule has 2 N–H and O–H groups in total. The fraction of sp³-hybridized carbons (Fsp3) is 0.407. The molecule has 1 amide bonds. The highest BCUT2D eigenvalue weighted by molar-refractivity contribution is 6.48. The first-order valence-electron chi connectivity index (χ1n) is 12.0. The monoisotopic (exact) mass is 484 g/mol. The smallest absolute Gasteiger partial charge is 0.357 e. The van der Waals surface area contributed by atoms with E-state index in [0.717, 1.165) is 36.5 Å². The van der Waals surface area contributed by atoms with Crippen LogP contribution < -0.4 is 5.32 Å². The van der Waals surface area contributed by atoms with Crippen LogP contribution in [0.2, 0.25) is 0 Å². The quantitative estimate of drug-likeness (QED) is 0.249. The molecule has 4 bridgehead atoms. The van der Waals surface area contributed by atoms with Crippen molar-refractivity contribution in [3.8, 4) is 0 Å². The molecule has 0 aliphatic heterocycles. The number of hydrogen-bond donors (Lipinski definition) is 2. The van der Waals surface area contributed by atoms with Gasteiger partial charge in [0.25, 0.3) is 11.7 Å². The Morgan fingerprint density at radius 2 is 1.57 bits per heavy atom. The third-order valence-electron chi connectivity index (χ3n) is 8.24. The number of anilines is 1. The molecule has 4 aliphatic rings. The van der Waals surface area contributed by atoms with Gasteiger partial charge in [-0.2, -0.15) is 13.2 Å². The molecular weight excluding hydrogens is 460 g/mol. The van der Waals surface area contributed by atoms with Gasteiger partial charge in [0.05, 0.1) is 11.1 Å². The molecule has 0 unspecified atom stereocenters. The zero-order valence-electron chi connectivity index (χ0n) is 18.8. The molecule has 1 aromatic heterocycles. The van der Waals surface area contributed by atoms with Gasteiger partial charge in [-0.25, -0.2) is 4.39 Å². The van der Waals surface area contributed by atoms with E-state index in [-0.39, 0.29) is 11.1 Å². The van der Waals surface area contributed by atoms with Crippen LogP contribution in [0, 0.1) is 23.6 Å². The largest absolute Gasteiger partial charge is 0.419 e. The Morgan fingerprint density at radius 3 is 2.20 bits per heavy atom. The molecule has 4 fully saturated rings. The normalized spacial score (nSPS) is 27.4. The average Bonchev–Trinajstić information content (AvgIpc) is 3.19. The fourth-order valence-electron chi connectivity index (χ4n) is 7.31. The summed E-state index contributed by atoms with van der Waals surface area (Å²) in [4.78, 5) is 30.0. The van der Waals surface area contributed by atoms with E-state index in [1.54, 1.807) is 12.1 Å². The van der Waals surface area contributed by atoms with Crippen molar-refractivity contribution in [1.82, 2.24) is 4.98 Å². The number of carbonyl (C=O) groups excluding carboxylic acids is 2. The van der Waals surface area contributed by atoms with Crippen LogP contribution in [0.3, 0.4) is 0 Å². The Labute approximate surface area is 199 Å². The van der Waals surface area contributed by atoms with Gasteiger partial charge in [0, 0.05) is 27.7 Å². The van der Waals surface area contributed by atoms with Gasteiger partial charge in [-0.3, -0.25) is 9.59 Å². The van der Waals surface area contributed by atoms with Crippen LogP contribution >= 0.6 is 0 Å². The average molecular weight is 484 g/mol. The molecule has 0 spiro atoms. The van der Waals surface area contributed by atoms with Crippen molar-refractivity contribution < 1.29 is 27.2 Å². The van der Waals surface area contributed by atoms with Crippen LogP contribution in [0.5, 0.6) is 0 Å². The lowest BCUT2D eigenvalue weighted by atomic mass is 9.48. The number of aromatic amines is 1. The lowest BCUT2D eigenvalue weighted by Gasteiger charge is -2.56. The van der Waals surface area contributed by atoms with Crippen LogP contribution in [0.1, 0.15) is 60.1 Å². The molecule has 3 aromatic rings. The number of H-pyrrole nitrogens is 1. The molecule has 4 nitrogen and oxygen atoms in total. The van der Waals surface area contributed by atoms with Crippen molar-refractivity contribution in [3.63, 3.8) is 0 Å². The van der Waals surface area contributed by atoms with Gasteiger partial charge in [0.15, 0.2) is 0 Å². The summed E-state index contributed by atoms with van der Waals surface area (Å²) in [5.41, 5.74) is -0.127. The van der Waals surface area contributed by atoms with Gasteiger partial charge in [0.2, 0.25) is 0 Å². The minimum absolute atomic E-state index is 0.196. The first-order valence-corrected chi connectivity index (χ1v) is 12.0. The van der Waals surface area contributed by atoms with E-state index >= 15 is 0 Å². The molecule has 7 rings (SSSR count). The molecule has 8 heteroatoms. The van der Waals surface area contributed by atoms with Gasteiger partial charge in [-0.05, 0) is 80.5 Å².